The highest BCUT2D eigenvalue weighted by Gasteiger charge is 2.06. The zero-order valence-electron chi connectivity index (χ0n) is 11.5. The van der Waals surface area contributed by atoms with Crippen LogP contribution in [0.5, 0.6) is 5.75 Å². The Morgan fingerprint density at radius 2 is 1.84 bits per heavy atom. The molecule has 0 amide bonds. The average Bonchev–Trinajstić information content (AvgIpc) is 2.46. The third-order valence-corrected chi connectivity index (χ3v) is 3.10. The first-order valence-corrected chi connectivity index (χ1v) is 6.21. The normalized spacial score (nSPS) is 12.0. The molecule has 1 aromatic carbocycles. The van der Waals surface area contributed by atoms with Crippen molar-refractivity contribution in [1.82, 2.24) is 4.98 Å². The lowest BCUT2D eigenvalue weighted by Gasteiger charge is -2.19. The van der Waals surface area contributed by atoms with Gasteiger partial charge in [-0.2, -0.15) is 0 Å². The molecule has 4 heteroatoms. The summed E-state index contributed by atoms with van der Waals surface area (Å²) >= 11 is 0. The van der Waals surface area contributed by atoms with Crippen LogP contribution in [0.2, 0.25) is 0 Å². The molecule has 1 atom stereocenters. The van der Waals surface area contributed by atoms with E-state index in [0.717, 1.165) is 22.8 Å². The minimum atomic E-state index is 0.00726. The topological polar surface area (TPSA) is 51.4 Å². The molecule has 4 nitrogen and oxygen atoms in total. The summed E-state index contributed by atoms with van der Waals surface area (Å²) in [6, 6.07) is 11.9. The molecular formula is C15H19N3O. The van der Waals surface area contributed by atoms with Crippen LogP contribution in [0.15, 0.2) is 42.6 Å². The van der Waals surface area contributed by atoms with Gasteiger partial charge < -0.3 is 15.4 Å². The van der Waals surface area contributed by atoms with Crippen molar-refractivity contribution in [2.24, 2.45) is 5.73 Å². The van der Waals surface area contributed by atoms with E-state index in [1.807, 2.05) is 61.5 Å². The van der Waals surface area contributed by atoms with E-state index in [2.05, 4.69) is 4.98 Å². The molecule has 0 saturated carbocycles. The number of nitrogens with two attached hydrogens (primary N) is 1. The standard InChI is InChI=1S/C15H19N3O/c1-11(16)12-4-9-15(17-10-12)18(2)13-5-7-14(19-3)8-6-13/h4-11H,16H2,1-3H3. The number of ether oxygens (including phenoxy) is 1. The highest BCUT2D eigenvalue weighted by Crippen LogP contribution is 2.24. The first kappa shape index (κ1) is 13.4. The Hall–Kier alpha value is -2.07. The number of anilines is 2. The molecule has 2 aromatic rings. The molecule has 1 heterocycles. The second-order valence-electron chi connectivity index (χ2n) is 4.50. The predicted octanol–water partition coefficient (Wildman–Crippen LogP) is 2.88. The highest BCUT2D eigenvalue weighted by molar-refractivity contribution is 5.59. The summed E-state index contributed by atoms with van der Waals surface area (Å²) in [7, 11) is 3.64. The van der Waals surface area contributed by atoms with Gasteiger partial charge in [0.25, 0.3) is 0 Å². The molecule has 0 spiro atoms. The van der Waals surface area contributed by atoms with Crippen LogP contribution in [-0.2, 0) is 0 Å². The Morgan fingerprint density at radius 1 is 1.16 bits per heavy atom. The number of pyridine rings is 1. The number of methoxy groups -OCH3 is 1. The summed E-state index contributed by atoms with van der Waals surface area (Å²) in [5, 5.41) is 0. The third kappa shape index (κ3) is 3.03. The number of hydrogen-bond donors (Lipinski definition) is 1. The molecule has 0 radical (unpaired) electrons. The highest BCUT2D eigenvalue weighted by atomic mass is 16.5. The molecule has 100 valence electrons. The van der Waals surface area contributed by atoms with Gasteiger partial charge in [-0.15, -0.1) is 0 Å². The van der Waals surface area contributed by atoms with Crippen LogP contribution in [0.1, 0.15) is 18.5 Å². The van der Waals surface area contributed by atoms with Crippen molar-refractivity contribution in [3.05, 3.63) is 48.2 Å². The van der Waals surface area contributed by atoms with Gasteiger partial charge in [-0.25, -0.2) is 4.98 Å². The van der Waals surface area contributed by atoms with E-state index in [4.69, 9.17) is 10.5 Å². The molecule has 1 aromatic heterocycles. The van der Waals surface area contributed by atoms with E-state index in [9.17, 15) is 0 Å². The second-order valence-corrected chi connectivity index (χ2v) is 4.50. The van der Waals surface area contributed by atoms with Crippen LogP contribution in [0, 0.1) is 0 Å². The van der Waals surface area contributed by atoms with Gasteiger partial charge in [0.15, 0.2) is 0 Å². The van der Waals surface area contributed by atoms with Crippen LogP contribution in [-0.4, -0.2) is 19.1 Å². The van der Waals surface area contributed by atoms with Crippen molar-refractivity contribution in [3.8, 4) is 5.75 Å². The quantitative estimate of drug-likeness (QED) is 0.915. The number of rotatable bonds is 4. The molecule has 2 rings (SSSR count). The molecule has 0 fully saturated rings. The Balaban J connectivity index is 2.20. The summed E-state index contributed by atoms with van der Waals surface area (Å²) in [6.45, 7) is 1.95. The minimum Gasteiger partial charge on any atom is -0.497 e. The Morgan fingerprint density at radius 3 is 2.32 bits per heavy atom. The van der Waals surface area contributed by atoms with Gasteiger partial charge >= 0.3 is 0 Å². The Kier molecular flexibility index (Phi) is 4.02. The van der Waals surface area contributed by atoms with Gasteiger partial charge in [0.2, 0.25) is 0 Å². The van der Waals surface area contributed by atoms with Gasteiger partial charge in [-0.3, -0.25) is 0 Å². The fourth-order valence-electron chi connectivity index (χ4n) is 1.80. The maximum absolute atomic E-state index is 5.82. The molecule has 0 saturated heterocycles. The van der Waals surface area contributed by atoms with Crippen LogP contribution in [0.3, 0.4) is 0 Å². The van der Waals surface area contributed by atoms with E-state index >= 15 is 0 Å². The molecule has 2 N–H and O–H groups in total. The molecular weight excluding hydrogens is 238 g/mol. The van der Waals surface area contributed by atoms with E-state index in [1.165, 1.54) is 0 Å². The van der Waals surface area contributed by atoms with Crippen molar-refractivity contribution in [2.45, 2.75) is 13.0 Å². The van der Waals surface area contributed by atoms with Gasteiger partial charge in [0.05, 0.1) is 7.11 Å². The van der Waals surface area contributed by atoms with Gasteiger partial charge in [-0.1, -0.05) is 6.07 Å². The van der Waals surface area contributed by atoms with E-state index in [-0.39, 0.29) is 6.04 Å². The monoisotopic (exact) mass is 257 g/mol. The van der Waals surface area contributed by atoms with Crippen molar-refractivity contribution in [1.29, 1.82) is 0 Å². The third-order valence-electron chi connectivity index (χ3n) is 3.10. The van der Waals surface area contributed by atoms with Crippen LogP contribution < -0.4 is 15.4 Å². The zero-order chi connectivity index (χ0) is 13.8. The van der Waals surface area contributed by atoms with E-state index in [1.54, 1.807) is 7.11 Å². The Labute approximate surface area is 113 Å². The second kappa shape index (κ2) is 5.71. The summed E-state index contributed by atoms with van der Waals surface area (Å²) in [6.07, 6.45) is 1.82. The van der Waals surface area contributed by atoms with Crippen molar-refractivity contribution in [2.75, 3.05) is 19.1 Å². The number of hydrogen-bond acceptors (Lipinski definition) is 4. The summed E-state index contributed by atoms with van der Waals surface area (Å²) in [5.41, 5.74) is 7.91. The van der Waals surface area contributed by atoms with Crippen molar-refractivity contribution in [3.63, 3.8) is 0 Å². The maximum atomic E-state index is 5.82. The fraction of sp³-hybridized carbons (Fsp3) is 0.267. The number of benzene rings is 1. The van der Waals surface area contributed by atoms with Gasteiger partial charge in [-0.05, 0) is 42.8 Å². The Bertz CT molecular complexity index is 520. The number of aromatic nitrogens is 1. The largest absolute Gasteiger partial charge is 0.497 e. The molecule has 0 bridgehead atoms. The van der Waals surface area contributed by atoms with Gasteiger partial charge in [0, 0.05) is 25.0 Å². The minimum absolute atomic E-state index is 0.00726. The van der Waals surface area contributed by atoms with Crippen molar-refractivity contribution >= 4 is 11.5 Å². The van der Waals surface area contributed by atoms with Crippen LogP contribution >= 0.6 is 0 Å². The zero-order valence-corrected chi connectivity index (χ0v) is 11.5. The van der Waals surface area contributed by atoms with E-state index < -0.39 is 0 Å². The lowest BCUT2D eigenvalue weighted by Crippen LogP contribution is -2.12. The average molecular weight is 257 g/mol. The van der Waals surface area contributed by atoms with Gasteiger partial charge in [0.1, 0.15) is 11.6 Å². The molecule has 0 aliphatic rings. The molecule has 0 aliphatic heterocycles. The molecule has 1 unspecified atom stereocenters. The van der Waals surface area contributed by atoms with Crippen molar-refractivity contribution < 1.29 is 4.74 Å². The molecule has 0 aliphatic carbocycles. The first-order chi connectivity index (χ1) is 9.11. The predicted molar refractivity (Wildman–Crippen MR) is 77.9 cm³/mol. The molecule has 19 heavy (non-hydrogen) atoms. The summed E-state index contributed by atoms with van der Waals surface area (Å²) in [5.74, 6) is 1.73. The summed E-state index contributed by atoms with van der Waals surface area (Å²) in [4.78, 5) is 6.45. The van der Waals surface area contributed by atoms with E-state index in [0.29, 0.717) is 0 Å². The SMILES string of the molecule is COc1ccc(N(C)c2ccc(C(C)N)cn2)cc1. The van der Waals surface area contributed by atoms with Crippen LogP contribution in [0.4, 0.5) is 11.5 Å². The lowest BCUT2D eigenvalue weighted by atomic mass is 10.1. The fourth-order valence-corrected chi connectivity index (χ4v) is 1.80. The van der Waals surface area contributed by atoms with Crippen LogP contribution in [0.25, 0.3) is 0 Å². The first-order valence-electron chi connectivity index (χ1n) is 6.21. The summed E-state index contributed by atoms with van der Waals surface area (Å²) < 4.78 is 5.15. The number of nitrogens with zero attached hydrogens (tertiary/aromatic N) is 2. The maximum Gasteiger partial charge on any atom is 0.132 e. The smallest absolute Gasteiger partial charge is 0.132 e. The lowest BCUT2D eigenvalue weighted by molar-refractivity contribution is 0.415.